The van der Waals surface area contributed by atoms with Gasteiger partial charge < -0.3 is 20.1 Å². The number of piperidine rings is 1. The Balaban J connectivity index is 2.17. The van der Waals surface area contributed by atoms with Crippen LogP contribution in [-0.4, -0.2) is 38.9 Å². The average molecular weight is 292 g/mol. The zero-order chi connectivity index (χ0) is 15.4. The van der Waals surface area contributed by atoms with E-state index >= 15 is 0 Å². The van der Waals surface area contributed by atoms with Gasteiger partial charge in [-0.05, 0) is 44.4 Å². The number of esters is 1. The first-order chi connectivity index (χ1) is 10.1. The maximum absolute atomic E-state index is 11.8. The van der Waals surface area contributed by atoms with Crippen molar-refractivity contribution in [3.63, 3.8) is 0 Å². The first kappa shape index (κ1) is 15.6. The number of carbonyl (C=O) groups excluding carboxylic acids is 1. The molecule has 2 rings (SSSR count). The van der Waals surface area contributed by atoms with Crippen LogP contribution in [0.2, 0.25) is 0 Å². The molecule has 0 amide bonds. The summed E-state index contributed by atoms with van der Waals surface area (Å²) in [5.41, 5.74) is 8.85. The molecule has 0 radical (unpaired) electrons. The Morgan fingerprint density at radius 2 is 2.05 bits per heavy atom. The third kappa shape index (κ3) is 3.47. The maximum Gasteiger partial charge on any atom is 0.340 e. The lowest BCUT2D eigenvalue weighted by Crippen LogP contribution is -2.37. The second-order valence-corrected chi connectivity index (χ2v) is 5.36. The number of anilines is 2. The fourth-order valence-electron chi connectivity index (χ4n) is 2.76. The SMILES string of the molecule is CCOC1CCN(c2cc(C)c(N)c(C(=O)OC)c2)CC1. The summed E-state index contributed by atoms with van der Waals surface area (Å²) in [7, 11) is 1.37. The van der Waals surface area contributed by atoms with E-state index in [0.29, 0.717) is 17.4 Å². The fraction of sp³-hybridized carbons (Fsp3) is 0.562. The molecule has 2 N–H and O–H groups in total. The molecule has 116 valence electrons. The number of carbonyl (C=O) groups is 1. The van der Waals surface area contributed by atoms with Gasteiger partial charge in [0.25, 0.3) is 0 Å². The minimum Gasteiger partial charge on any atom is -0.465 e. The lowest BCUT2D eigenvalue weighted by Gasteiger charge is -2.34. The van der Waals surface area contributed by atoms with Crippen molar-refractivity contribution in [2.45, 2.75) is 32.8 Å². The van der Waals surface area contributed by atoms with Crippen LogP contribution in [0.4, 0.5) is 11.4 Å². The van der Waals surface area contributed by atoms with E-state index in [9.17, 15) is 4.79 Å². The van der Waals surface area contributed by atoms with Crippen molar-refractivity contribution in [1.82, 2.24) is 0 Å². The second-order valence-electron chi connectivity index (χ2n) is 5.36. The Hall–Kier alpha value is -1.75. The zero-order valence-corrected chi connectivity index (χ0v) is 13.0. The molecule has 0 spiro atoms. The molecular formula is C16H24N2O3. The van der Waals surface area contributed by atoms with Crippen LogP contribution in [0.1, 0.15) is 35.7 Å². The highest BCUT2D eigenvalue weighted by Gasteiger charge is 2.22. The van der Waals surface area contributed by atoms with E-state index in [2.05, 4.69) is 4.90 Å². The summed E-state index contributed by atoms with van der Waals surface area (Å²) >= 11 is 0. The summed E-state index contributed by atoms with van der Waals surface area (Å²) in [5.74, 6) is -0.387. The van der Waals surface area contributed by atoms with Crippen molar-refractivity contribution in [1.29, 1.82) is 0 Å². The number of ether oxygens (including phenoxy) is 2. The van der Waals surface area contributed by atoms with E-state index in [1.807, 2.05) is 26.0 Å². The molecule has 1 aliphatic rings. The molecule has 0 unspecified atom stereocenters. The second kappa shape index (κ2) is 6.80. The van der Waals surface area contributed by atoms with Gasteiger partial charge in [-0.15, -0.1) is 0 Å². The Morgan fingerprint density at radius 3 is 2.62 bits per heavy atom. The van der Waals surface area contributed by atoms with Gasteiger partial charge in [-0.1, -0.05) is 0 Å². The van der Waals surface area contributed by atoms with Crippen LogP contribution in [0.15, 0.2) is 12.1 Å². The molecule has 21 heavy (non-hydrogen) atoms. The molecule has 0 aromatic heterocycles. The summed E-state index contributed by atoms with van der Waals surface area (Å²) in [6.07, 6.45) is 2.36. The largest absolute Gasteiger partial charge is 0.465 e. The van der Waals surface area contributed by atoms with Crippen molar-refractivity contribution >= 4 is 17.3 Å². The van der Waals surface area contributed by atoms with Gasteiger partial charge in [-0.25, -0.2) is 4.79 Å². The minimum absolute atomic E-state index is 0.348. The summed E-state index contributed by atoms with van der Waals surface area (Å²) in [4.78, 5) is 14.1. The standard InChI is InChI=1S/C16H24N2O3/c1-4-21-13-5-7-18(8-6-13)12-9-11(2)15(17)14(10-12)16(19)20-3/h9-10,13H,4-8,17H2,1-3H3. The molecule has 0 bridgehead atoms. The lowest BCUT2D eigenvalue weighted by molar-refractivity contribution is 0.0459. The molecule has 1 aromatic rings. The Morgan fingerprint density at radius 1 is 1.38 bits per heavy atom. The molecule has 0 aliphatic carbocycles. The van der Waals surface area contributed by atoms with Crippen LogP contribution >= 0.6 is 0 Å². The number of hydrogen-bond acceptors (Lipinski definition) is 5. The number of methoxy groups -OCH3 is 1. The Labute approximate surface area is 126 Å². The highest BCUT2D eigenvalue weighted by atomic mass is 16.5. The molecule has 0 saturated carbocycles. The number of nitrogens with two attached hydrogens (primary N) is 1. The summed E-state index contributed by atoms with van der Waals surface area (Å²) < 4.78 is 10.5. The van der Waals surface area contributed by atoms with Crippen molar-refractivity contribution in [3.05, 3.63) is 23.3 Å². The molecule has 1 saturated heterocycles. The van der Waals surface area contributed by atoms with Gasteiger partial charge in [0.05, 0.1) is 18.8 Å². The van der Waals surface area contributed by atoms with Crippen molar-refractivity contribution in [2.24, 2.45) is 0 Å². The Kier molecular flexibility index (Phi) is 5.07. The van der Waals surface area contributed by atoms with Gasteiger partial charge in [0.15, 0.2) is 0 Å². The van der Waals surface area contributed by atoms with E-state index in [4.69, 9.17) is 15.2 Å². The van der Waals surface area contributed by atoms with Crippen LogP contribution in [0, 0.1) is 6.92 Å². The minimum atomic E-state index is -0.387. The first-order valence-corrected chi connectivity index (χ1v) is 7.41. The normalized spacial score (nSPS) is 16.0. The van der Waals surface area contributed by atoms with Gasteiger partial charge >= 0.3 is 5.97 Å². The maximum atomic E-state index is 11.8. The number of rotatable bonds is 4. The van der Waals surface area contributed by atoms with Crippen LogP contribution in [0.3, 0.4) is 0 Å². The van der Waals surface area contributed by atoms with E-state index in [1.165, 1.54) is 7.11 Å². The van der Waals surface area contributed by atoms with Crippen LogP contribution < -0.4 is 10.6 Å². The van der Waals surface area contributed by atoms with Gasteiger partial charge in [0, 0.05) is 31.1 Å². The fourth-order valence-corrected chi connectivity index (χ4v) is 2.76. The predicted octanol–water partition coefficient (Wildman–Crippen LogP) is 2.37. The number of nitrogens with zero attached hydrogens (tertiary/aromatic N) is 1. The monoisotopic (exact) mass is 292 g/mol. The number of nitrogen functional groups attached to an aromatic ring is 1. The highest BCUT2D eigenvalue weighted by Crippen LogP contribution is 2.28. The molecule has 1 heterocycles. The number of aryl methyl sites for hydroxylation is 1. The van der Waals surface area contributed by atoms with Gasteiger partial charge in [-0.2, -0.15) is 0 Å². The molecule has 1 aromatic carbocycles. The third-order valence-corrected chi connectivity index (χ3v) is 3.99. The summed E-state index contributed by atoms with van der Waals surface area (Å²) in [6.45, 7) is 6.55. The van der Waals surface area contributed by atoms with Crippen molar-refractivity contribution < 1.29 is 14.3 Å². The zero-order valence-electron chi connectivity index (χ0n) is 13.0. The third-order valence-electron chi connectivity index (χ3n) is 3.99. The lowest BCUT2D eigenvalue weighted by atomic mass is 10.0. The smallest absolute Gasteiger partial charge is 0.340 e. The van der Waals surface area contributed by atoms with E-state index < -0.39 is 0 Å². The van der Waals surface area contributed by atoms with E-state index in [0.717, 1.165) is 43.8 Å². The van der Waals surface area contributed by atoms with Gasteiger partial charge in [0.2, 0.25) is 0 Å². The van der Waals surface area contributed by atoms with Crippen LogP contribution in [0.5, 0.6) is 0 Å². The van der Waals surface area contributed by atoms with Gasteiger partial charge in [0.1, 0.15) is 0 Å². The first-order valence-electron chi connectivity index (χ1n) is 7.41. The summed E-state index contributed by atoms with van der Waals surface area (Å²) in [5, 5.41) is 0. The predicted molar refractivity (Wildman–Crippen MR) is 83.8 cm³/mol. The number of hydrogen-bond donors (Lipinski definition) is 1. The van der Waals surface area contributed by atoms with Gasteiger partial charge in [-0.3, -0.25) is 0 Å². The van der Waals surface area contributed by atoms with Crippen molar-refractivity contribution in [3.8, 4) is 0 Å². The summed E-state index contributed by atoms with van der Waals surface area (Å²) in [6, 6.07) is 3.86. The average Bonchev–Trinajstić information content (AvgIpc) is 2.50. The Bertz CT molecular complexity index is 508. The quantitative estimate of drug-likeness (QED) is 0.682. The molecular weight excluding hydrogens is 268 g/mol. The molecule has 5 heteroatoms. The molecule has 5 nitrogen and oxygen atoms in total. The van der Waals surface area contributed by atoms with Crippen LogP contribution in [0.25, 0.3) is 0 Å². The molecule has 1 fully saturated rings. The molecule has 1 aliphatic heterocycles. The number of benzene rings is 1. The van der Waals surface area contributed by atoms with E-state index in [-0.39, 0.29) is 5.97 Å². The highest BCUT2D eigenvalue weighted by molar-refractivity contribution is 5.97. The topological polar surface area (TPSA) is 64.8 Å². The van der Waals surface area contributed by atoms with Crippen LogP contribution in [-0.2, 0) is 9.47 Å². The van der Waals surface area contributed by atoms with E-state index in [1.54, 1.807) is 0 Å². The van der Waals surface area contributed by atoms with Crippen molar-refractivity contribution in [2.75, 3.05) is 37.4 Å². The molecule has 0 atom stereocenters.